The molecule has 7 heteroatoms. The van der Waals surface area contributed by atoms with Crippen LogP contribution in [-0.4, -0.2) is 49.0 Å². The third-order valence-electron chi connectivity index (χ3n) is 3.36. The summed E-state index contributed by atoms with van der Waals surface area (Å²) in [5.41, 5.74) is 0.303. The van der Waals surface area contributed by atoms with E-state index >= 15 is 0 Å². The number of nitrogens with zero attached hydrogens (tertiary/aromatic N) is 1. The zero-order valence-corrected chi connectivity index (χ0v) is 13.9. The number of hydrogen-bond donors (Lipinski definition) is 0. The minimum Gasteiger partial charge on any atom is -0.481 e. The van der Waals surface area contributed by atoms with Crippen LogP contribution in [0.4, 0.5) is 0 Å². The lowest BCUT2D eigenvalue weighted by Gasteiger charge is -2.31. The Morgan fingerprint density at radius 2 is 2.14 bits per heavy atom. The maximum atomic E-state index is 12.2. The van der Waals surface area contributed by atoms with E-state index in [1.165, 1.54) is 19.1 Å². The topological polar surface area (TPSA) is 55.8 Å². The van der Waals surface area contributed by atoms with Crippen LogP contribution in [0.5, 0.6) is 5.75 Å². The van der Waals surface area contributed by atoms with Gasteiger partial charge in [-0.3, -0.25) is 9.59 Å². The number of hydrogen-bond acceptors (Lipinski definition) is 4. The molecule has 0 N–H and O–H groups in total. The van der Waals surface area contributed by atoms with E-state index in [1.54, 1.807) is 4.90 Å². The number of amides is 1. The third-order valence-corrected chi connectivity index (χ3v) is 4.15. The van der Waals surface area contributed by atoms with E-state index in [0.29, 0.717) is 25.3 Å². The van der Waals surface area contributed by atoms with E-state index in [9.17, 15) is 9.59 Å². The Morgan fingerprint density at radius 3 is 2.77 bits per heavy atom. The highest BCUT2D eigenvalue weighted by Crippen LogP contribution is 2.35. The fourth-order valence-electron chi connectivity index (χ4n) is 2.22. The molecule has 2 rings (SSSR count). The minimum absolute atomic E-state index is 0.000221. The monoisotopic (exact) mass is 345 g/mol. The van der Waals surface area contributed by atoms with Crippen LogP contribution in [0.25, 0.3) is 0 Å². The number of carbonyl (C=O) groups excluding carboxylic acids is 2. The van der Waals surface area contributed by atoms with Crippen LogP contribution in [0.2, 0.25) is 10.0 Å². The lowest BCUT2D eigenvalue weighted by atomic mass is 10.1. The molecule has 1 amide bonds. The Kier molecular flexibility index (Phi) is 5.67. The van der Waals surface area contributed by atoms with Crippen molar-refractivity contribution in [1.29, 1.82) is 0 Å². The zero-order valence-electron chi connectivity index (χ0n) is 12.4. The fraction of sp³-hybridized carbons (Fsp3) is 0.467. The molecule has 1 aliphatic rings. The SMILES string of the molecule is CC(=O)c1ccc(Cl)c(Cl)c1OCC(=O)N1CCOC(C)C1. The minimum atomic E-state index is -0.207. The molecule has 1 heterocycles. The second kappa shape index (κ2) is 7.31. The van der Waals surface area contributed by atoms with Gasteiger partial charge in [0.15, 0.2) is 18.1 Å². The molecule has 0 aliphatic carbocycles. The Morgan fingerprint density at radius 1 is 1.41 bits per heavy atom. The lowest BCUT2D eigenvalue weighted by Crippen LogP contribution is -2.46. The molecule has 5 nitrogen and oxygen atoms in total. The van der Waals surface area contributed by atoms with E-state index in [1.807, 2.05) is 6.92 Å². The first kappa shape index (κ1) is 17.1. The standard InChI is InChI=1S/C15H17Cl2NO4/c1-9-7-18(5-6-21-9)13(20)8-22-15-11(10(2)19)3-4-12(16)14(15)17/h3-4,9H,5-8H2,1-2H3. The Hall–Kier alpha value is -1.30. The quantitative estimate of drug-likeness (QED) is 0.787. The first-order valence-corrected chi connectivity index (χ1v) is 7.67. The average Bonchev–Trinajstić information content (AvgIpc) is 2.48. The number of ether oxygens (including phenoxy) is 2. The predicted octanol–water partition coefficient (Wildman–Crippen LogP) is 2.82. The van der Waals surface area contributed by atoms with E-state index < -0.39 is 0 Å². The molecule has 22 heavy (non-hydrogen) atoms. The van der Waals surface area contributed by atoms with Gasteiger partial charge in [0.1, 0.15) is 5.02 Å². The summed E-state index contributed by atoms with van der Waals surface area (Å²) in [7, 11) is 0. The first-order chi connectivity index (χ1) is 10.4. The highest BCUT2D eigenvalue weighted by molar-refractivity contribution is 6.43. The molecular weight excluding hydrogens is 329 g/mol. The van der Waals surface area contributed by atoms with Crippen molar-refractivity contribution in [1.82, 2.24) is 4.90 Å². The molecule has 1 atom stereocenters. The number of benzene rings is 1. The van der Waals surface area contributed by atoms with Crippen molar-refractivity contribution in [2.24, 2.45) is 0 Å². The highest BCUT2D eigenvalue weighted by atomic mass is 35.5. The van der Waals surface area contributed by atoms with Crippen LogP contribution >= 0.6 is 23.2 Å². The molecule has 1 fully saturated rings. The molecule has 1 unspecified atom stereocenters. The summed E-state index contributed by atoms with van der Waals surface area (Å²) < 4.78 is 10.9. The zero-order chi connectivity index (χ0) is 16.3. The van der Waals surface area contributed by atoms with Crippen molar-refractivity contribution >= 4 is 34.9 Å². The molecule has 1 aromatic carbocycles. The second-order valence-corrected chi connectivity index (χ2v) is 5.89. The third kappa shape index (κ3) is 3.91. The Bertz CT molecular complexity index is 591. The molecule has 0 spiro atoms. The van der Waals surface area contributed by atoms with Gasteiger partial charge in [-0.05, 0) is 26.0 Å². The van der Waals surface area contributed by atoms with Crippen molar-refractivity contribution in [3.63, 3.8) is 0 Å². The van der Waals surface area contributed by atoms with Gasteiger partial charge < -0.3 is 14.4 Å². The maximum absolute atomic E-state index is 12.2. The average molecular weight is 346 g/mol. The van der Waals surface area contributed by atoms with Gasteiger partial charge in [-0.1, -0.05) is 23.2 Å². The van der Waals surface area contributed by atoms with Gasteiger partial charge in [-0.2, -0.15) is 0 Å². The van der Waals surface area contributed by atoms with Crippen molar-refractivity contribution in [3.8, 4) is 5.75 Å². The number of carbonyl (C=O) groups is 2. The summed E-state index contributed by atoms with van der Waals surface area (Å²) in [4.78, 5) is 25.5. The van der Waals surface area contributed by atoms with Crippen molar-refractivity contribution in [2.75, 3.05) is 26.3 Å². The molecule has 0 radical (unpaired) electrons. The van der Waals surface area contributed by atoms with Crippen molar-refractivity contribution < 1.29 is 19.1 Å². The van der Waals surface area contributed by atoms with Gasteiger partial charge in [0.25, 0.3) is 5.91 Å². The van der Waals surface area contributed by atoms with Crippen LogP contribution in [0, 0.1) is 0 Å². The Balaban J connectivity index is 2.09. The number of Topliss-reactive ketones (excluding diaryl/α,β-unsaturated/α-hetero) is 1. The first-order valence-electron chi connectivity index (χ1n) is 6.91. The number of morpholine rings is 1. The van der Waals surface area contributed by atoms with Crippen molar-refractivity contribution in [3.05, 3.63) is 27.7 Å². The molecular formula is C15H17Cl2NO4. The summed E-state index contributed by atoms with van der Waals surface area (Å²) in [6.07, 6.45) is 0.000221. The molecule has 1 aliphatic heterocycles. The summed E-state index contributed by atoms with van der Waals surface area (Å²) >= 11 is 12.0. The summed E-state index contributed by atoms with van der Waals surface area (Å²) in [5.74, 6) is -0.238. The number of ketones is 1. The van der Waals surface area contributed by atoms with Crippen molar-refractivity contribution in [2.45, 2.75) is 20.0 Å². The lowest BCUT2D eigenvalue weighted by molar-refractivity contribution is -0.140. The highest BCUT2D eigenvalue weighted by Gasteiger charge is 2.23. The molecule has 0 aromatic heterocycles. The number of rotatable bonds is 4. The van der Waals surface area contributed by atoms with E-state index in [2.05, 4.69) is 0 Å². The van der Waals surface area contributed by atoms with Crippen LogP contribution in [0.15, 0.2) is 12.1 Å². The molecule has 1 saturated heterocycles. The van der Waals surface area contributed by atoms with E-state index in [4.69, 9.17) is 32.7 Å². The number of halogens is 2. The second-order valence-electron chi connectivity index (χ2n) is 5.10. The van der Waals surface area contributed by atoms with Crippen LogP contribution in [0.1, 0.15) is 24.2 Å². The summed E-state index contributed by atoms with van der Waals surface area (Å²) in [6, 6.07) is 3.06. The summed E-state index contributed by atoms with van der Waals surface area (Å²) in [5, 5.41) is 0.409. The Labute approximate surface area is 139 Å². The molecule has 1 aromatic rings. The van der Waals surface area contributed by atoms with Gasteiger partial charge in [-0.15, -0.1) is 0 Å². The van der Waals surface area contributed by atoms with Crippen LogP contribution < -0.4 is 4.74 Å². The maximum Gasteiger partial charge on any atom is 0.260 e. The molecule has 0 saturated carbocycles. The van der Waals surface area contributed by atoms with Gasteiger partial charge in [0, 0.05) is 13.1 Å². The van der Waals surface area contributed by atoms with Gasteiger partial charge in [0.05, 0.1) is 23.3 Å². The molecule has 120 valence electrons. The smallest absolute Gasteiger partial charge is 0.260 e. The van der Waals surface area contributed by atoms with E-state index in [0.717, 1.165) is 0 Å². The predicted molar refractivity (Wildman–Crippen MR) is 84.0 cm³/mol. The fourth-order valence-corrected chi connectivity index (χ4v) is 2.59. The largest absolute Gasteiger partial charge is 0.481 e. The van der Waals surface area contributed by atoms with Gasteiger partial charge in [0.2, 0.25) is 0 Å². The van der Waals surface area contributed by atoms with Crippen LogP contribution in [0.3, 0.4) is 0 Å². The summed E-state index contributed by atoms with van der Waals surface area (Å²) in [6.45, 7) is 4.65. The normalized spacial score (nSPS) is 18.2. The van der Waals surface area contributed by atoms with E-state index in [-0.39, 0.29) is 40.2 Å². The van der Waals surface area contributed by atoms with Crippen LogP contribution in [-0.2, 0) is 9.53 Å². The van der Waals surface area contributed by atoms with Gasteiger partial charge >= 0.3 is 0 Å². The molecule has 0 bridgehead atoms. The van der Waals surface area contributed by atoms with Gasteiger partial charge in [-0.25, -0.2) is 0 Å².